The van der Waals surface area contributed by atoms with Crippen LogP contribution < -0.4 is 0 Å². The predicted molar refractivity (Wildman–Crippen MR) is 129 cm³/mol. The molecular weight excluding hydrogens is 641 g/mol. The molecule has 0 aliphatic carbocycles. The van der Waals surface area contributed by atoms with Crippen molar-refractivity contribution >= 4 is 113 Å². The van der Waals surface area contributed by atoms with Gasteiger partial charge in [0.2, 0.25) is 0 Å². The first-order valence-corrected chi connectivity index (χ1v) is 12.7. The first-order chi connectivity index (χ1) is 12.8. The maximum Gasteiger partial charge on any atom is 0.317 e. The Bertz CT molecular complexity index is 513. The second-order valence-electron chi connectivity index (χ2n) is 7.57. The first-order valence-electron chi connectivity index (χ1n) is 8.60. The Morgan fingerprint density at radius 2 is 1.00 bits per heavy atom. The minimum absolute atomic E-state index is 0.269. The summed E-state index contributed by atoms with van der Waals surface area (Å²) in [4.78, 5) is 23.8. The molecule has 0 heterocycles. The molecule has 0 saturated carbocycles. The second kappa shape index (κ2) is 12.2. The van der Waals surface area contributed by atoms with Gasteiger partial charge >= 0.3 is 11.9 Å². The minimum atomic E-state index is -1.40. The van der Waals surface area contributed by atoms with Crippen molar-refractivity contribution in [1.29, 1.82) is 0 Å². The van der Waals surface area contributed by atoms with Crippen LogP contribution in [0.1, 0.15) is 59.8 Å². The van der Waals surface area contributed by atoms with Gasteiger partial charge in [-0.3, -0.25) is 9.59 Å². The van der Waals surface area contributed by atoms with Crippen LogP contribution in [0.4, 0.5) is 0 Å². The molecule has 0 rings (SSSR count). The Hall–Kier alpha value is 1.64. The Kier molecular flexibility index (Phi) is 12.9. The molecule has 4 nitrogen and oxygen atoms in total. The van der Waals surface area contributed by atoms with Crippen LogP contribution in [0, 0.1) is 0 Å². The van der Waals surface area contributed by atoms with E-state index in [9.17, 15) is 9.59 Å². The summed E-state index contributed by atoms with van der Waals surface area (Å²) in [5, 5.41) is 0. The monoisotopic (exact) mass is 660 g/mol. The topological polar surface area (TPSA) is 52.6 Å². The number of hydrogen-bond acceptors (Lipinski definition) is 4. The van der Waals surface area contributed by atoms with Gasteiger partial charge in [0.1, 0.15) is 17.6 Å². The highest BCUT2D eigenvalue weighted by Gasteiger charge is 2.36. The summed E-state index contributed by atoms with van der Waals surface area (Å²) in [7, 11) is 0. The second-order valence-corrected chi connectivity index (χ2v) is 14.8. The Balaban J connectivity index is 4.66. The van der Waals surface area contributed by atoms with Gasteiger partial charge in [-0.1, -0.05) is 101 Å². The molecule has 0 aliphatic heterocycles. The van der Waals surface area contributed by atoms with Crippen molar-refractivity contribution in [3.63, 3.8) is 0 Å². The van der Waals surface area contributed by atoms with Crippen molar-refractivity contribution in [1.82, 2.24) is 0 Å². The van der Waals surface area contributed by atoms with E-state index >= 15 is 0 Å². The van der Waals surface area contributed by atoms with Crippen molar-refractivity contribution in [2.75, 3.05) is 0 Å². The molecule has 0 aliphatic rings. The van der Waals surface area contributed by atoms with Gasteiger partial charge in [0.15, 0.2) is 7.59 Å². The van der Waals surface area contributed by atoms with E-state index in [-0.39, 0.29) is 22.5 Å². The summed E-state index contributed by atoms with van der Waals surface area (Å²) < 4.78 is 8.05. The van der Waals surface area contributed by atoms with E-state index in [1.165, 1.54) is 0 Å². The van der Waals surface area contributed by atoms with Crippen molar-refractivity contribution in [2.45, 2.75) is 88.2 Å². The summed E-state index contributed by atoms with van der Waals surface area (Å²) in [5.74, 6) is -1.44. The molecular formula is C17H24Br2Cl6O4. The van der Waals surface area contributed by atoms with Gasteiger partial charge in [-0.2, -0.15) is 0 Å². The molecule has 2 atom stereocenters. The van der Waals surface area contributed by atoms with Gasteiger partial charge in [-0.05, 0) is 53.4 Å². The van der Waals surface area contributed by atoms with Crippen LogP contribution in [0.25, 0.3) is 0 Å². The fourth-order valence-corrected chi connectivity index (χ4v) is 3.48. The van der Waals surface area contributed by atoms with Gasteiger partial charge in [0.05, 0.1) is 9.65 Å². The predicted octanol–water partition coefficient (Wildman–Crippen LogP) is 7.85. The highest BCUT2D eigenvalue weighted by atomic mass is 79.9. The zero-order valence-electron chi connectivity index (χ0n) is 16.3. The number of halogens is 8. The van der Waals surface area contributed by atoms with E-state index in [1.54, 1.807) is 27.7 Å². The molecule has 12 heteroatoms. The van der Waals surface area contributed by atoms with E-state index in [0.717, 1.165) is 0 Å². The molecule has 0 saturated heterocycles. The molecule has 29 heavy (non-hydrogen) atoms. The van der Waals surface area contributed by atoms with E-state index < -0.39 is 37.1 Å². The molecule has 0 amide bonds. The summed E-state index contributed by atoms with van der Waals surface area (Å²) >= 11 is 41.4. The molecule has 0 aromatic heterocycles. The highest BCUT2D eigenvalue weighted by molar-refractivity contribution is 9.09. The van der Waals surface area contributed by atoms with Gasteiger partial charge in [-0.25, -0.2) is 0 Å². The third-order valence-electron chi connectivity index (χ3n) is 3.91. The van der Waals surface area contributed by atoms with Crippen LogP contribution in [0.2, 0.25) is 0 Å². The van der Waals surface area contributed by atoms with E-state index in [2.05, 4.69) is 31.9 Å². The van der Waals surface area contributed by atoms with E-state index in [0.29, 0.717) is 12.8 Å². The van der Waals surface area contributed by atoms with Gasteiger partial charge < -0.3 is 9.47 Å². The SMILES string of the molecule is CC(C)(OC(=O)CC(=O)OC(C)(C)C(Br)CCC(Cl)(Cl)Cl)C(Br)CCC(Cl)(Cl)Cl. The molecule has 0 spiro atoms. The summed E-state index contributed by atoms with van der Waals surface area (Å²) in [6, 6.07) is 0. The van der Waals surface area contributed by atoms with Gasteiger partial charge in [-0.15, -0.1) is 0 Å². The van der Waals surface area contributed by atoms with Crippen LogP contribution in [-0.4, -0.2) is 40.4 Å². The quantitative estimate of drug-likeness (QED) is 0.136. The number of alkyl halides is 8. The highest BCUT2D eigenvalue weighted by Crippen LogP contribution is 2.37. The average Bonchev–Trinajstić information content (AvgIpc) is 2.46. The van der Waals surface area contributed by atoms with Crippen molar-refractivity contribution < 1.29 is 19.1 Å². The van der Waals surface area contributed by atoms with Crippen LogP contribution in [0.15, 0.2) is 0 Å². The first kappa shape index (κ1) is 30.6. The fourth-order valence-electron chi connectivity index (χ4n) is 2.18. The standard InChI is InChI=1S/C17H24Br2Cl6O4/c1-14(2,10(18)5-7-16(20,21)22)28-12(26)9-13(27)29-15(3,4)11(19)6-8-17(23,24)25/h10-11H,5-9H2,1-4H3. The van der Waals surface area contributed by atoms with Crippen molar-refractivity contribution in [3.05, 3.63) is 0 Å². The molecule has 0 N–H and O–H groups in total. The number of carbonyl (C=O) groups is 2. The van der Waals surface area contributed by atoms with Crippen LogP contribution >= 0.6 is 101 Å². The smallest absolute Gasteiger partial charge is 0.317 e. The van der Waals surface area contributed by atoms with Gasteiger partial charge in [0, 0.05) is 0 Å². The molecule has 0 aromatic carbocycles. The third-order valence-corrected chi connectivity index (χ3v) is 8.17. The molecule has 172 valence electrons. The lowest BCUT2D eigenvalue weighted by Gasteiger charge is -2.32. The zero-order valence-corrected chi connectivity index (χ0v) is 24.1. The lowest BCUT2D eigenvalue weighted by Crippen LogP contribution is -2.40. The summed E-state index contributed by atoms with van der Waals surface area (Å²) in [6.45, 7) is 6.79. The Morgan fingerprint density at radius 3 is 1.24 bits per heavy atom. The van der Waals surface area contributed by atoms with Crippen LogP contribution in [0.5, 0.6) is 0 Å². The van der Waals surface area contributed by atoms with Crippen molar-refractivity contribution in [3.8, 4) is 0 Å². The lowest BCUT2D eigenvalue weighted by atomic mass is 10.0. The minimum Gasteiger partial charge on any atom is -0.458 e. The summed E-state index contributed by atoms with van der Waals surface area (Å²) in [5.41, 5.74) is -1.85. The molecule has 0 aromatic rings. The normalized spacial score (nSPS) is 15.6. The maximum absolute atomic E-state index is 12.2. The van der Waals surface area contributed by atoms with E-state index in [1.807, 2.05) is 0 Å². The maximum atomic E-state index is 12.2. The molecule has 0 bridgehead atoms. The number of ether oxygens (including phenoxy) is 2. The van der Waals surface area contributed by atoms with Crippen LogP contribution in [-0.2, 0) is 19.1 Å². The number of esters is 2. The average molecular weight is 665 g/mol. The number of hydrogen-bond donors (Lipinski definition) is 0. The Morgan fingerprint density at radius 1 is 0.724 bits per heavy atom. The molecule has 2 unspecified atom stereocenters. The number of rotatable bonds is 10. The molecule has 0 radical (unpaired) electrons. The fraction of sp³-hybridized carbons (Fsp3) is 0.882. The van der Waals surface area contributed by atoms with E-state index in [4.69, 9.17) is 79.1 Å². The van der Waals surface area contributed by atoms with Gasteiger partial charge in [0.25, 0.3) is 0 Å². The lowest BCUT2D eigenvalue weighted by molar-refractivity contribution is -0.168. The third kappa shape index (κ3) is 14.4. The van der Waals surface area contributed by atoms with Crippen molar-refractivity contribution in [2.24, 2.45) is 0 Å². The Labute approximate surface area is 219 Å². The zero-order chi connectivity index (χ0) is 23.3. The summed E-state index contributed by atoms with van der Waals surface area (Å²) in [6.07, 6.45) is 0.893. The number of carbonyl (C=O) groups excluding carboxylic acids is 2. The molecule has 0 fully saturated rings. The largest absolute Gasteiger partial charge is 0.458 e. The van der Waals surface area contributed by atoms with Crippen LogP contribution in [0.3, 0.4) is 0 Å².